The predicted octanol–water partition coefficient (Wildman–Crippen LogP) is 2.06. The van der Waals surface area contributed by atoms with Gasteiger partial charge in [-0.15, -0.1) is 0 Å². The summed E-state index contributed by atoms with van der Waals surface area (Å²) >= 11 is 0. The van der Waals surface area contributed by atoms with Gasteiger partial charge in [-0.3, -0.25) is 9.59 Å². The molecule has 0 fully saturated rings. The molecule has 0 atom stereocenters. The van der Waals surface area contributed by atoms with Crippen molar-refractivity contribution in [1.29, 1.82) is 0 Å². The molecule has 66 valence electrons. The second kappa shape index (κ2) is 6.53. The van der Waals surface area contributed by atoms with Gasteiger partial charge in [0.15, 0.2) is 0 Å². The van der Waals surface area contributed by atoms with Gasteiger partial charge in [-0.05, 0) is 38.3 Å². The standard InChI is InChI=1S/C10H14O2/c1-9(6-7-11)4-3-5-10(2)8-12/h5-8H,3-4H2,1-2H3/b9-6+,10-5-. The molecule has 0 unspecified atom stereocenters. The highest BCUT2D eigenvalue weighted by atomic mass is 16.1. The van der Waals surface area contributed by atoms with Gasteiger partial charge < -0.3 is 0 Å². The molecule has 0 bridgehead atoms. The molecule has 12 heavy (non-hydrogen) atoms. The number of allylic oxidation sites excluding steroid dienone is 4. The molecule has 0 radical (unpaired) electrons. The van der Waals surface area contributed by atoms with Crippen LogP contribution in [-0.4, -0.2) is 12.6 Å². The van der Waals surface area contributed by atoms with E-state index in [0.29, 0.717) is 0 Å². The van der Waals surface area contributed by atoms with E-state index in [9.17, 15) is 9.59 Å². The maximum atomic E-state index is 10.2. The molecular weight excluding hydrogens is 152 g/mol. The zero-order chi connectivity index (χ0) is 9.40. The third-order valence-corrected chi connectivity index (χ3v) is 1.54. The number of carbonyl (C=O) groups excluding carboxylic acids is 2. The van der Waals surface area contributed by atoms with Crippen LogP contribution in [0.4, 0.5) is 0 Å². The highest BCUT2D eigenvalue weighted by Gasteiger charge is 1.88. The Kier molecular flexibility index (Phi) is 5.88. The highest BCUT2D eigenvalue weighted by molar-refractivity contribution is 5.71. The first kappa shape index (κ1) is 10.8. The lowest BCUT2D eigenvalue weighted by molar-refractivity contribution is -0.105. The average molecular weight is 166 g/mol. The molecule has 0 heterocycles. The third-order valence-electron chi connectivity index (χ3n) is 1.54. The third kappa shape index (κ3) is 5.59. The maximum Gasteiger partial charge on any atom is 0.145 e. The molecule has 0 rings (SSSR count). The van der Waals surface area contributed by atoms with E-state index in [1.807, 2.05) is 13.0 Å². The Hall–Kier alpha value is -1.18. The molecule has 0 saturated carbocycles. The fraction of sp³-hybridized carbons (Fsp3) is 0.400. The lowest BCUT2D eigenvalue weighted by Crippen LogP contribution is -1.80. The largest absolute Gasteiger partial charge is 0.299 e. The number of aldehydes is 2. The van der Waals surface area contributed by atoms with Crippen molar-refractivity contribution in [3.05, 3.63) is 23.3 Å². The highest BCUT2D eigenvalue weighted by Crippen LogP contribution is 2.04. The van der Waals surface area contributed by atoms with Crippen LogP contribution in [0.2, 0.25) is 0 Å². The Labute approximate surface area is 73.0 Å². The number of hydrogen-bond donors (Lipinski definition) is 0. The monoisotopic (exact) mass is 166 g/mol. The lowest BCUT2D eigenvalue weighted by Gasteiger charge is -1.94. The van der Waals surface area contributed by atoms with Crippen LogP contribution in [0.5, 0.6) is 0 Å². The molecule has 0 amide bonds. The van der Waals surface area contributed by atoms with Crippen molar-refractivity contribution in [2.24, 2.45) is 0 Å². The quantitative estimate of drug-likeness (QED) is 0.462. The number of carbonyl (C=O) groups is 2. The molecular formula is C10H14O2. The molecule has 0 aromatic carbocycles. The lowest BCUT2D eigenvalue weighted by atomic mass is 10.1. The van der Waals surface area contributed by atoms with E-state index in [4.69, 9.17) is 0 Å². The van der Waals surface area contributed by atoms with Crippen LogP contribution >= 0.6 is 0 Å². The van der Waals surface area contributed by atoms with E-state index in [-0.39, 0.29) is 0 Å². The van der Waals surface area contributed by atoms with E-state index < -0.39 is 0 Å². The molecule has 2 nitrogen and oxygen atoms in total. The smallest absolute Gasteiger partial charge is 0.145 e. The summed E-state index contributed by atoms with van der Waals surface area (Å²) in [6.07, 6.45) is 6.69. The van der Waals surface area contributed by atoms with E-state index in [1.54, 1.807) is 13.0 Å². The second-order valence-electron chi connectivity index (χ2n) is 2.75. The summed E-state index contributed by atoms with van der Waals surface area (Å²) in [5.41, 5.74) is 1.79. The van der Waals surface area contributed by atoms with Gasteiger partial charge >= 0.3 is 0 Å². The van der Waals surface area contributed by atoms with Crippen molar-refractivity contribution in [3.63, 3.8) is 0 Å². The van der Waals surface area contributed by atoms with Gasteiger partial charge in [-0.1, -0.05) is 11.6 Å². The van der Waals surface area contributed by atoms with Gasteiger partial charge in [0.05, 0.1) is 0 Å². The topological polar surface area (TPSA) is 34.1 Å². The molecule has 0 aromatic rings. The summed E-state index contributed by atoms with van der Waals surface area (Å²) < 4.78 is 0. The van der Waals surface area contributed by atoms with Crippen molar-refractivity contribution in [2.45, 2.75) is 26.7 Å². The minimum Gasteiger partial charge on any atom is -0.299 e. The Morgan fingerprint density at radius 1 is 1.25 bits per heavy atom. The first-order valence-electron chi connectivity index (χ1n) is 3.93. The summed E-state index contributed by atoms with van der Waals surface area (Å²) in [6, 6.07) is 0. The van der Waals surface area contributed by atoms with Crippen molar-refractivity contribution in [1.82, 2.24) is 0 Å². The molecule has 0 N–H and O–H groups in total. The first-order valence-corrected chi connectivity index (χ1v) is 3.93. The molecule has 0 aromatic heterocycles. The Bertz CT molecular complexity index is 212. The van der Waals surface area contributed by atoms with Gasteiger partial charge in [0, 0.05) is 0 Å². The predicted molar refractivity (Wildman–Crippen MR) is 48.9 cm³/mol. The molecule has 0 aliphatic carbocycles. The molecule has 0 aliphatic rings. The minimum atomic E-state index is 0.744. The van der Waals surface area contributed by atoms with Gasteiger partial charge in [-0.2, -0.15) is 0 Å². The van der Waals surface area contributed by atoms with Gasteiger partial charge in [-0.25, -0.2) is 0 Å². The summed E-state index contributed by atoms with van der Waals surface area (Å²) in [5.74, 6) is 0. The van der Waals surface area contributed by atoms with Crippen LogP contribution in [-0.2, 0) is 9.59 Å². The normalized spacial score (nSPS) is 12.8. The van der Waals surface area contributed by atoms with E-state index >= 15 is 0 Å². The fourth-order valence-corrected chi connectivity index (χ4v) is 0.775. The summed E-state index contributed by atoms with van der Waals surface area (Å²) in [6.45, 7) is 3.67. The van der Waals surface area contributed by atoms with Crippen molar-refractivity contribution >= 4 is 12.6 Å². The Morgan fingerprint density at radius 3 is 2.42 bits per heavy atom. The van der Waals surface area contributed by atoms with Crippen LogP contribution in [0.3, 0.4) is 0 Å². The Morgan fingerprint density at radius 2 is 1.92 bits per heavy atom. The molecule has 2 heteroatoms. The number of hydrogen-bond acceptors (Lipinski definition) is 2. The van der Waals surface area contributed by atoms with Crippen LogP contribution < -0.4 is 0 Å². The zero-order valence-corrected chi connectivity index (χ0v) is 7.54. The summed E-state index contributed by atoms with van der Waals surface area (Å²) in [4.78, 5) is 20.2. The van der Waals surface area contributed by atoms with Crippen LogP contribution in [0.1, 0.15) is 26.7 Å². The Balaban J connectivity index is 3.76. The zero-order valence-electron chi connectivity index (χ0n) is 7.54. The van der Waals surface area contributed by atoms with Crippen LogP contribution in [0, 0.1) is 0 Å². The SMILES string of the molecule is C/C(C=O)=C/CC/C(C)=C/C=O. The van der Waals surface area contributed by atoms with Gasteiger partial charge in [0.25, 0.3) is 0 Å². The molecule has 0 saturated heterocycles. The summed E-state index contributed by atoms with van der Waals surface area (Å²) in [7, 11) is 0. The molecule has 0 aliphatic heterocycles. The van der Waals surface area contributed by atoms with E-state index in [0.717, 1.165) is 36.6 Å². The average Bonchev–Trinajstić information content (AvgIpc) is 2.04. The van der Waals surface area contributed by atoms with Crippen molar-refractivity contribution < 1.29 is 9.59 Å². The van der Waals surface area contributed by atoms with Crippen LogP contribution in [0.25, 0.3) is 0 Å². The van der Waals surface area contributed by atoms with Crippen LogP contribution in [0.15, 0.2) is 23.3 Å². The van der Waals surface area contributed by atoms with Crippen molar-refractivity contribution in [3.8, 4) is 0 Å². The van der Waals surface area contributed by atoms with E-state index in [2.05, 4.69) is 0 Å². The number of rotatable bonds is 5. The first-order chi connectivity index (χ1) is 5.70. The maximum absolute atomic E-state index is 10.2. The van der Waals surface area contributed by atoms with Gasteiger partial charge in [0.2, 0.25) is 0 Å². The van der Waals surface area contributed by atoms with Crippen molar-refractivity contribution in [2.75, 3.05) is 0 Å². The van der Waals surface area contributed by atoms with Gasteiger partial charge in [0.1, 0.15) is 12.6 Å². The minimum absolute atomic E-state index is 0.744. The van der Waals surface area contributed by atoms with E-state index in [1.165, 1.54) is 0 Å². The summed E-state index contributed by atoms with van der Waals surface area (Å²) in [5, 5.41) is 0. The molecule has 0 spiro atoms. The fourth-order valence-electron chi connectivity index (χ4n) is 0.775. The second-order valence-corrected chi connectivity index (χ2v) is 2.75.